The molecule has 0 spiro atoms. The zero-order chi connectivity index (χ0) is 29.9. The molecule has 0 bridgehead atoms. The lowest BCUT2D eigenvalue weighted by molar-refractivity contribution is -0.127. The van der Waals surface area contributed by atoms with E-state index in [9.17, 15) is 14.4 Å². The molecule has 2 saturated heterocycles. The van der Waals surface area contributed by atoms with Gasteiger partial charge in [-0.15, -0.1) is 0 Å². The first-order chi connectivity index (χ1) is 19.5. The van der Waals surface area contributed by atoms with Crippen molar-refractivity contribution in [3.63, 3.8) is 0 Å². The minimum atomic E-state index is -0.109. The number of hydrogen-bond donors (Lipinski definition) is 3. The number of likely N-dealkylation sites (tertiary alicyclic amines) is 1. The number of nitrogens with one attached hydrogen (secondary N) is 3. The van der Waals surface area contributed by atoms with Crippen molar-refractivity contribution in [2.45, 2.75) is 116 Å². The molecule has 0 aromatic rings. The zero-order valence-electron chi connectivity index (χ0n) is 26.8. The van der Waals surface area contributed by atoms with Crippen LogP contribution < -0.4 is 16.0 Å². The largest absolute Gasteiger partial charge is 0.378 e. The fourth-order valence-electron chi connectivity index (χ4n) is 6.70. The second kappa shape index (κ2) is 16.8. The van der Waals surface area contributed by atoms with Gasteiger partial charge in [0.1, 0.15) is 0 Å². The average Bonchev–Trinajstić information content (AvgIpc) is 3.35. The van der Waals surface area contributed by atoms with E-state index in [1.54, 1.807) is 0 Å². The van der Waals surface area contributed by atoms with Crippen LogP contribution in [0.2, 0.25) is 0 Å². The summed E-state index contributed by atoms with van der Waals surface area (Å²) in [6.45, 7) is 9.29. The van der Waals surface area contributed by atoms with Gasteiger partial charge in [-0.1, -0.05) is 20.8 Å². The third kappa shape index (κ3) is 11.5. The maximum Gasteiger partial charge on any atom is 0.223 e. The van der Waals surface area contributed by atoms with Gasteiger partial charge in [0.05, 0.1) is 6.10 Å². The number of likely N-dealkylation sites (N-methyl/N-ethyl adjacent to an activating group) is 1. The molecule has 41 heavy (non-hydrogen) atoms. The van der Waals surface area contributed by atoms with E-state index in [4.69, 9.17) is 4.74 Å². The van der Waals surface area contributed by atoms with Crippen LogP contribution in [0.1, 0.15) is 91.4 Å². The Morgan fingerprint density at radius 2 is 1.49 bits per heavy atom. The zero-order valence-corrected chi connectivity index (χ0v) is 26.8. The van der Waals surface area contributed by atoms with Crippen molar-refractivity contribution in [2.24, 2.45) is 23.7 Å². The number of ether oxygens (including phenoxy) is 1. The summed E-state index contributed by atoms with van der Waals surface area (Å²) < 4.78 is 6.01. The Morgan fingerprint density at radius 1 is 0.854 bits per heavy atom. The Kier molecular flexibility index (Phi) is 13.8. The quantitative estimate of drug-likeness (QED) is 0.293. The summed E-state index contributed by atoms with van der Waals surface area (Å²) in [6.07, 6.45) is 10.5. The van der Waals surface area contributed by atoms with Crippen LogP contribution in [-0.2, 0) is 19.1 Å². The SMILES string of the molecule is CC(CCC(C)C(=O)NC1CCC(N(C)C)CC1)C(=O)NCCC1CCOC(CC(C)C(=O)NC2CCN(C)C2)C1. The molecule has 6 unspecified atom stereocenters. The lowest BCUT2D eigenvalue weighted by Gasteiger charge is -2.33. The number of nitrogens with zero attached hydrogens (tertiary/aromatic N) is 2. The van der Waals surface area contributed by atoms with Crippen LogP contribution in [0, 0.1) is 23.7 Å². The summed E-state index contributed by atoms with van der Waals surface area (Å²) in [5.74, 6) is 0.579. The topological polar surface area (TPSA) is 103 Å². The molecule has 9 nitrogen and oxygen atoms in total. The van der Waals surface area contributed by atoms with E-state index in [-0.39, 0.29) is 53.7 Å². The Morgan fingerprint density at radius 3 is 2.12 bits per heavy atom. The highest BCUT2D eigenvalue weighted by atomic mass is 16.5. The third-order valence-corrected chi connectivity index (χ3v) is 9.83. The summed E-state index contributed by atoms with van der Waals surface area (Å²) >= 11 is 0. The van der Waals surface area contributed by atoms with Crippen molar-refractivity contribution in [1.29, 1.82) is 0 Å². The molecular formula is C32H59N5O4. The smallest absolute Gasteiger partial charge is 0.223 e. The summed E-state index contributed by atoms with van der Waals surface area (Å²) in [5.41, 5.74) is 0. The number of rotatable bonds is 14. The predicted molar refractivity (Wildman–Crippen MR) is 163 cm³/mol. The molecule has 3 fully saturated rings. The highest BCUT2D eigenvalue weighted by Gasteiger charge is 2.29. The van der Waals surface area contributed by atoms with E-state index in [1.807, 2.05) is 20.8 Å². The molecule has 9 heteroatoms. The molecule has 0 aromatic heterocycles. The monoisotopic (exact) mass is 577 g/mol. The average molecular weight is 578 g/mol. The van der Waals surface area contributed by atoms with E-state index in [0.29, 0.717) is 24.9 Å². The fraction of sp³-hybridized carbons (Fsp3) is 0.906. The van der Waals surface area contributed by atoms with E-state index in [2.05, 4.69) is 46.9 Å². The molecule has 1 saturated carbocycles. The standard InChI is InChI=1S/C32H59N5O4/c1-22(7-8-23(2)31(39)34-26-9-11-28(12-10-26)36(4)5)30(38)33-16-13-25-15-18-41-29(20-25)19-24(3)32(40)35-27-14-17-37(6)21-27/h22-29H,7-21H2,1-6H3,(H,33,38)(H,34,39)(H,35,40). The minimum Gasteiger partial charge on any atom is -0.378 e. The second-order valence-electron chi connectivity index (χ2n) is 13.7. The molecule has 3 rings (SSSR count). The molecule has 6 atom stereocenters. The van der Waals surface area contributed by atoms with Gasteiger partial charge in [-0.2, -0.15) is 0 Å². The number of carbonyl (C=O) groups is 3. The highest BCUT2D eigenvalue weighted by molar-refractivity contribution is 5.80. The highest BCUT2D eigenvalue weighted by Crippen LogP contribution is 2.27. The van der Waals surface area contributed by atoms with Gasteiger partial charge in [0, 0.05) is 55.6 Å². The van der Waals surface area contributed by atoms with Gasteiger partial charge in [-0.05, 0) is 104 Å². The maximum absolute atomic E-state index is 12.7. The van der Waals surface area contributed by atoms with E-state index < -0.39 is 0 Å². The van der Waals surface area contributed by atoms with Crippen LogP contribution in [0.4, 0.5) is 0 Å². The molecule has 1 aliphatic carbocycles. The molecule has 0 aromatic carbocycles. The van der Waals surface area contributed by atoms with Gasteiger partial charge in [0.15, 0.2) is 0 Å². The second-order valence-corrected chi connectivity index (χ2v) is 13.7. The first-order valence-electron chi connectivity index (χ1n) is 16.4. The normalized spacial score (nSPS) is 29.5. The van der Waals surface area contributed by atoms with Crippen LogP contribution in [0.3, 0.4) is 0 Å². The van der Waals surface area contributed by atoms with Crippen molar-refractivity contribution in [1.82, 2.24) is 25.8 Å². The first-order valence-corrected chi connectivity index (χ1v) is 16.4. The van der Waals surface area contributed by atoms with Gasteiger partial charge in [0.25, 0.3) is 0 Å². The summed E-state index contributed by atoms with van der Waals surface area (Å²) in [6, 6.07) is 1.17. The molecule has 3 aliphatic rings. The number of amides is 3. The van der Waals surface area contributed by atoms with E-state index in [1.165, 1.54) is 0 Å². The Hall–Kier alpha value is -1.71. The Labute approximate surface area is 249 Å². The first kappa shape index (κ1) is 33.8. The van der Waals surface area contributed by atoms with Crippen molar-refractivity contribution in [3.05, 3.63) is 0 Å². The molecule has 0 radical (unpaired) electrons. The molecule has 2 heterocycles. The Balaban J connectivity index is 1.27. The van der Waals surface area contributed by atoms with Gasteiger partial charge >= 0.3 is 0 Å². The van der Waals surface area contributed by atoms with E-state index >= 15 is 0 Å². The van der Waals surface area contributed by atoms with Gasteiger partial charge in [-0.3, -0.25) is 14.4 Å². The molecule has 3 N–H and O–H groups in total. The van der Waals surface area contributed by atoms with Crippen molar-refractivity contribution < 1.29 is 19.1 Å². The fourth-order valence-corrected chi connectivity index (χ4v) is 6.70. The van der Waals surface area contributed by atoms with Gasteiger partial charge < -0.3 is 30.5 Å². The lowest BCUT2D eigenvalue weighted by Crippen LogP contribution is -2.43. The van der Waals surface area contributed by atoms with Crippen LogP contribution in [-0.4, -0.2) is 99.1 Å². The summed E-state index contributed by atoms with van der Waals surface area (Å²) in [7, 11) is 6.35. The van der Waals surface area contributed by atoms with Crippen LogP contribution in [0.25, 0.3) is 0 Å². The van der Waals surface area contributed by atoms with Crippen LogP contribution >= 0.6 is 0 Å². The Bertz CT molecular complexity index is 831. The molecular weight excluding hydrogens is 518 g/mol. The maximum atomic E-state index is 12.7. The van der Waals surface area contributed by atoms with Gasteiger partial charge in [-0.25, -0.2) is 0 Å². The number of hydrogen-bond acceptors (Lipinski definition) is 6. The predicted octanol–water partition coefficient (Wildman–Crippen LogP) is 3.18. The van der Waals surface area contributed by atoms with E-state index in [0.717, 1.165) is 83.9 Å². The van der Waals surface area contributed by atoms with Crippen LogP contribution in [0.5, 0.6) is 0 Å². The summed E-state index contributed by atoms with van der Waals surface area (Å²) in [4.78, 5) is 42.7. The van der Waals surface area contributed by atoms with Crippen LogP contribution in [0.15, 0.2) is 0 Å². The molecule has 2 aliphatic heterocycles. The van der Waals surface area contributed by atoms with Crippen molar-refractivity contribution in [2.75, 3.05) is 47.4 Å². The molecule has 236 valence electrons. The van der Waals surface area contributed by atoms with Crippen molar-refractivity contribution in [3.8, 4) is 0 Å². The molecule has 3 amide bonds. The van der Waals surface area contributed by atoms with Gasteiger partial charge in [0.2, 0.25) is 17.7 Å². The summed E-state index contributed by atoms with van der Waals surface area (Å²) in [5, 5.41) is 9.58. The third-order valence-electron chi connectivity index (χ3n) is 9.83. The van der Waals surface area contributed by atoms with Crippen molar-refractivity contribution >= 4 is 17.7 Å². The number of carbonyl (C=O) groups excluding carboxylic acids is 3. The minimum absolute atomic E-state index is 0.0622. The lowest BCUT2D eigenvalue weighted by atomic mass is 9.88.